The van der Waals surface area contributed by atoms with Crippen molar-refractivity contribution in [3.8, 4) is 0 Å². The number of rotatable bonds is 11. The highest BCUT2D eigenvalue weighted by atomic mass is 32.2. The zero-order chi connectivity index (χ0) is 30.2. The average Bonchev–Trinajstić information content (AvgIpc) is 3.55. The van der Waals surface area contributed by atoms with Gasteiger partial charge in [-0.05, 0) is 87.8 Å². The van der Waals surface area contributed by atoms with Crippen LogP contribution in [0.3, 0.4) is 0 Å². The summed E-state index contributed by atoms with van der Waals surface area (Å²) in [5, 5.41) is 6.93. The third kappa shape index (κ3) is 8.03. The predicted molar refractivity (Wildman–Crippen MR) is 165 cm³/mol. The second-order valence-electron chi connectivity index (χ2n) is 11.1. The van der Waals surface area contributed by atoms with Crippen LogP contribution in [0.4, 0.5) is 5.69 Å². The van der Waals surface area contributed by atoms with Gasteiger partial charge in [-0.1, -0.05) is 23.9 Å². The first-order chi connectivity index (χ1) is 20.9. The zero-order valence-corrected chi connectivity index (χ0v) is 25.2. The molecule has 2 fully saturated rings. The molecule has 1 aliphatic carbocycles. The number of amides is 2. The summed E-state index contributed by atoms with van der Waals surface area (Å²) in [5.74, 6) is -0.305. The molecule has 0 unspecified atom stereocenters. The molecule has 2 aliphatic rings. The van der Waals surface area contributed by atoms with Gasteiger partial charge in [0.2, 0.25) is 11.8 Å². The highest BCUT2D eigenvalue weighted by Gasteiger charge is 2.28. The van der Waals surface area contributed by atoms with E-state index in [9.17, 15) is 19.2 Å². The fraction of sp³-hybridized carbons (Fsp3) is 0.469. The lowest BCUT2D eigenvalue weighted by molar-refractivity contribution is -0.126. The van der Waals surface area contributed by atoms with E-state index in [0.717, 1.165) is 45.1 Å². The van der Waals surface area contributed by atoms with Crippen LogP contribution in [0.1, 0.15) is 55.8 Å². The van der Waals surface area contributed by atoms with Gasteiger partial charge in [0.25, 0.3) is 5.56 Å². The summed E-state index contributed by atoms with van der Waals surface area (Å²) in [6.07, 6.45) is 5.39. The number of thioether (sulfide) groups is 1. The van der Waals surface area contributed by atoms with Crippen LogP contribution in [0.25, 0.3) is 10.9 Å². The lowest BCUT2D eigenvalue weighted by Crippen LogP contribution is -2.38. The first kappa shape index (κ1) is 30.7. The van der Waals surface area contributed by atoms with Gasteiger partial charge in [-0.2, -0.15) is 0 Å². The molecule has 10 nitrogen and oxygen atoms in total. The van der Waals surface area contributed by atoms with Gasteiger partial charge in [-0.3, -0.25) is 19.0 Å². The summed E-state index contributed by atoms with van der Waals surface area (Å²) >= 11 is 1.22. The molecule has 1 aliphatic heterocycles. The molecule has 228 valence electrons. The number of esters is 1. The van der Waals surface area contributed by atoms with Crippen molar-refractivity contribution in [1.82, 2.24) is 14.9 Å². The molecule has 0 bridgehead atoms. The minimum atomic E-state index is -0.414. The number of anilines is 1. The van der Waals surface area contributed by atoms with E-state index in [0.29, 0.717) is 40.4 Å². The zero-order valence-electron chi connectivity index (χ0n) is 24.4. The molecule has 0 radical (unpaired) electrons. The highest BCUT2D eigenvalue weighted by molar-refractivity contribution is 7.99. The van der Waals surface area contributed by atoms with E-state index in [-0.39, 0.29) is 47.7 Å². The second-order valence-corrected chi connectivity index (χ2v) is 12.0. The Balaban J connectivity index is 1.20. The third-order valence-corrected chi connectivity index (χ3v) is 9.00. The van der Waals surface area contributed by atoms with Crippen LogP contribution in [0.15, 0.2) is 58.5 Å². The van der Waals surface area contributed by atoms with E-state index >= 15 is 0 Å². The van der Waals surface area contributed by atoms with E-state index in [1.807, 2.05) is 12.1 Å². The van der Waals surface area contributed by atoms with Gasteiger partial charge in [0, 0.05) is 31.3 Å². The number of carbonyl (C=O) groups is 3. The quantitative estimate of drug-likeness (QED) is 0.187. The number of hydrogen-bond donors (Lipinski definition) is 2. The molecule has 5 rings (SSSR count). The molecule has 11 heteroatoms. The van der Waals surface area contributed by atoms with E-state index < -0.39 is 5.97 Å². The van der Waals surface area contributed by atoms with Crippen molar-refractivity contribution in [3.63, 3.8) is 0 Å². The second kappa shape index (κ2) is 14.7. The maximum atomic E-state index is 13.6. The van der Waals surface area contributed by atoms with Gasteiger partial charge < -0.3 is 20.1 Å². The Kier molecular flexibility index (Phi) is 10.5. The number of aromatic nitrogens is 2. The summed E-state index contributed by atoms with van der Waals surface area (Å²) in [4.78, 5) is 55.7. The molecule has 2 heterocycles. The van der Waals surface area contributed by atoms with Crippen molar-refractivity contribution in [1.29, 1.82) is 0 Å². The summed E-state index contributed by atoms with van der Waals surface area (Å²) < 4.78 is 12.3. The van der Waals surface area contributed by atoms with Crippen LogP contribution in [0.2, 0.25) is 0 Å². The van der Waals surface area contributed by atoms with Crippen LogP contribution >= 0.6 is 11.8 Å². The number of benzene rings is 2. The van der Waals surface area contributed by atoms with Gasteiger partial charge in [0.05, 0.1) is 34.9 Å². The van der Waals surface area contributed by atoms with Crippen LogP contribution in [-0.4, -0.2) is 59.0 Å². The largest absolute Gasteiger partial charge is 0.462 e. The van der Waals surface area contributed by atoms with Gasteiger partial charge in [0.15, 0.2) is 5.16 Å². The van der Waals surface area contributed by atoms with Gasteiger partial charge in [-0.15, -0.1) is 0 Å². The summed E-state index contributed by atoms with van der Waals surface area (Å²) in [6.45, 7) is 3.86. The highest BCUT2D eigenvalue weighted by Crippen LogP contribution is 2.31. The van der Waals surface area contributed by atoms with Crippen molar-refractivity contribution in [2.24, 2.45) is 11.8 Å². The molecular weight excluding hydrogens is 568 g/mol. The number of para-hydroxylation sites is 1. The normalized spacial score (nSPS) is 20.1. The standard InChI is InChI=1S/C32H38N4O6S/c1-2-41-31(40)23-13-15-24(16-14-23)34-28(37)20-43-32-35-27-8-4-3-7-26(27)30(39)36(32)19-21-9-11-22(12-10-21)29(38)33-18-25-6-5-17-42-25/h3-4,7-8,13-16,21-22,25H,2,5-6,9-12,17-20H2,1H3,(H,33,38)(H,34,37)/t21?,22?,25-/m0/s1. The van der Waals surface area contributed by atoms with Crippen molar-refractivity contribution in [3.05, 3.63) is 64.4 Å². The molecule has 43 heavy (non-hydrogen) atoms. The molecule has 1 aromatic heterocycles. The Morgan fingerprint density at radius 1 is 1.05 bits per heavy atom. The Labute approximate surface area is 254 Å². The molecule has 3 aromatic rings. The summed E-state index contributed by atoms with van der Waals surface area (Å²) in [7, 11) is 0. The Hall–Kier alpha value is -3.70. The Bertz CT molecular complexity index is 1490. The van der Waals surface area contributed by atoms with Crippen LogP contribution in [0, 0.1) is 11.8 Å². The minimum Gasteiger partial charge on any atom is -0.462 e. The number of fused-ring (bicyclic) bond motifs is 1. The molecule has 2 N–H and O–H groups in total. The fourth-order valence-electron chi connectivity index (χ4n) is 5.68. The topological polar surface area (TPSA) is 129 Å². The molecule has 1 atom stereocenters. The minimum absolute atomic E-state index is 0.0204. The van der Waals surface area contributed by atoms with Crippen molar-refractivity contribution in [2.45, 2.75) is 63.3 Å². The molecular formula is C32H38N4O6S. The Morgan fingerprint density at radius 3 is 2.53 bits per heavy atom. The van der Waals surface area contributed by atoms with Gasteiger partial charge in [0.1, 0.15) is 0 Å². The van der Waals surface area contributed by atoms with Crippen molar-refractivity contribution in [2.75, 3.05) is 30.8 Å². The smallest absolute Gasteiger partial charge is 0.338 e. The first-order valence-corrected chi connectivity index (χ1v) is 16.0. The lowest BCUT2D eigenvalue weighted by Gasteiger charge is -2.29. The van der Waals surface area contributed by atoms with Crippen molar-refractivity contribution >= 4 is 46.1 Å². The SMILES string of the molecule is CCOC(=O)c1ccc(NC(=O)CSc2nc3ccccc3c(=O)n2CC2CCC(C(=O)NC[C@@H]3CCCO3)CC2)cc1. The molecule has 1 saturated carbocycles. The third-order valence-electron chi connectivity index (χ3n) is 8.03. The van der Waals surface area contributed by atoms with E-state index in [2.05, 4.69) is 10.6 Å². The summed E-state index contributed by atoms with van der Waals surface area (Å²) in [6, 6.07) is 13.7. The van der Waals surface area contributed by atoms with Crippen LogP contribution < -0.4 is 16.2 Å². The van der Waals surface area contributed by atoms with Gasteiger partial charge in [-0.25, -0.2) is 9.78 Å². The maximum absolute atomic E-state index is 13.6. The molecule has 1 saturated heterocycles. The predicted octanol–water partition coefficient (Wildman–Crippen LogP) is 4.41. The Morgan fingerprint density at radius 2 is 1.81 bits per heavy atom. The monoisotopic (exact) mass is 606 g/mol. The number of carbonyl (C=O) groups excluding carboxylic acids is 3. The molecule has 2 amide bonds. The number of ether oxygens (including phenoxy) is 2. The molecule has 0 spiro atoms. The number of nitrogens with zero attached hydrogens (tertiary/aromatic N) is 2. The molecule has 2 aromatic carbocycles. The van der Waals surface area contributed by atoms with E-state index in [1.165, 1.54) is 11.8 Å². The maximum Gasteiger partial charge on any atom is 0.338 e. The first-order valence-electron chi connectivity index (χ1n) is 15.0. The average molecular weight is 607 g/mol. The van der Waals surface area contributed by atoms with Gasteiger partial charge >= 0.3 is 5.97 Å². The number of hydrogen-bond acceptors (Lipinski definition) is 8. The number of nitrogens with one attached hydrogen (secondary N) is 2. The van der Waals surface area contributed by atoms with Crippen LogP contribution in [-0.2, 0) is 25.6 Å². The van der Waals surface area contributed by atoms with E-state index in [1.54, 1.807) is 47.9 Å². The lowest BCUT2D eigenvalue weighted by atomic mass is 9.81. The van der Waals surface area contributed by atoms with Crippen molar-refractivity contribution < 1.29 is 23.9 Å². The summed E-state index contributed by atoms with van der Waals surface area (Å²) in [5.41, 5.74) is 1.43. The fourth-order valence-corrected chi connectivity index (χ4v) is 6.49. The van der Waals surface area contributed by atoms with Crippen LogP contribution in [0.5, 0.6) is 0 Å². The van der Waals surface area contributed by atoms with E-state index in [4.69, 9.17) is 14.5 Å².